The molecule has 3 aromatic carbocycles. The zero-order valence-electron chi connectivity index (χ0n) is 36.4. The fourth-order valence-electron chi connectivity index (χ4n) is 9.44. The van der Waals surface area contributed by atoms with Gasteiger partial charge in [0.25, 0.3) is 0 Å². The summed E-state index contributed by atoms with van der Waals surface area (Å²) in [5.74, 6) is 1.19. The molecule has 2 saturated heterocycles. The van der Waals surface area contributed by atoms with Crippen LogP contribution in [-0.4, -0.2) is 93.1 Å². The molecule has 4 heterocycles. The Bertz CT molecular complexity index is 2540. The third-order valence-electron chi connectivity index (χ3n) is 13.3. The maximum Gasteiger partial charge on any atom is 0.407 e. The first-order valence-corrected chi connectivity index (χ1v) is 21.9. The number of nitrogens with zero attached hydrogens (tertiary/aromatic N) is 5. The van der Waals surface area contributed by atoms with Crippen LogP contribution in [0, 0.1) is 28.6 Å². The molecule has 1 aliphatic carbocycles. The maximum absolute atomic E-state index is 13.9. The van der Waals surface area contributed by atoms with Crippen molar-refractivity contribution < 1.29 is 28.7 Å². The van der Waals surface area contributed by atoms with Crippen molar-refractivity contribution in [2.45, 2.75) is 89.9 Å². The molecule has 15 nitrogen and oxygen atoms in total. The van der Waals surface area contributed by atoms with Gasteiger partial charge in [0, 0.05) is 25.1 Å². The van der Waals surface area contributed by atoms with E-state index in [9.17, 15) is 24.4 Å². The van der Waals surface area contributed by atoms with Crippen molar-refractivity contribution in [3.8, 4) is 39.7 Å². The molecule has 1 saturated carbocycles. The summed E-state index contributed by atoms with van der Waals surface area (Å²) < 4.78 is 9.58. The molecule has 5 aromatic rings. The van der Waals surface area contributed by atoms with E-state index in [1.165, 1.54) is 14.2 Å². The molecule has 0 bridgehead atoms. The van der Waals surface area contributed by atoms with E-state index in [1.807, 2.05) is 36.0 Å². The maximum atomic E-state index is 13.9. The van der Waals surface area contributed by atoms with Crippen molar-refractivity contribution in [3.63, 3.8) is 0 Å². The molecule has 1 spiro atoms. The summed E-state index contributed by atoms with van der Waals surface area (Å²) in [5, 5.41) is 16.7. The lowest BCUT2D eigenvalue weighted by molar-refractivity contribution is -0.136. The summed E-state index contributed by atoms with van der Waals surface area (Å²) in [7, 11) is 2.55. The van der Waals surface area contributed by atoms with Crippen molar-refractivity contribution in [2.24, 2.45) is 17.3 Å². The molecule has 63 heavy (non-hydrogen) atoms. The van der Waals surface area contributed by atoms with Crippen LogP contribution < -0.4 is 10.6 Å². The Morgan fingerprint density at radius 1 is 0.825 bits per heavy atom. The van der Waals surface area contributed by atoms with Gasteiger partial charge in [0.05, 0.1) is 56.2 Å². The van der Waals surface area contributed by atoms with Gasteiger partial charge >= 0.3 is 12.2 Å². The minimum absolute atomic E-state index is 0.0614. The zero-order chi connectivity index (χ0) is 44.4. The van der Waals surface area contributed by atoms with E-state index in [0.717, 1.165) is 82.3 Å². The van der Waals surface area contributed by atoms with Crippen LogP contribution in [0.3, 0.4) is 0 Å². The molecule has 5 atom stereocenters. The fraction of sp³-hybridized carbons (Fsp3) is 0.438. The first-order chi connectivity index (χ1) is 30.4. The molecule has 0 radical (unpaired) electrons. The van der Waals surface area contributed by atoms with Crippen LogP contribution in [0.4, 0.5) is 9.59 Å². The number of rotatable bonds is 13. The third kappa shape index (κ3) is 8.84. The second kappa shape index (κ2) is 18.0. The average Bonchev–Trinajstić information content (AvgIpc) is 3.80. The predicted octanol–water partition coefficient (Wildman–Crippen LogP) is 8.05. The van der Waals surface area contributed by atoms with Crippen LogP contribution in [0.2, 0.25) is 0 Å². The fourth-order valence-corrected chi connectivity index (χ4v) is 9.44. The first kappa shape index (κ1) is 43.0. The number of alkyl carbamates (subject to hydrolysis) is 2. The third-order valence-corrected chi connectivity index (χ3v) is 13.3. The van der Waals surface area contributed by atoms with Crippen LogP contribution in [0.5, 0.6) is 0 Å². The Kier molecular flexibility index (Phi) is 12.3. The number of nitrogens with one attached hydrogen (secondary N) is 4. The van der Waals surface area contributed by atoms with Crippen molar-refractivity contribution in [2.75, 3.05) is 27.3 Å². The number of fused-ring (bicyclic) bond motifs is 1. The monoisotopic (exact) mass is 853 g/mol. The predicted molar refractivity (Wildman–Crippen MR) is 236 cm³/mol. The van der Waals surface area contributed by atoms with Crippen molar-refractivity contribution in [3.05, 3.63) is 84.7 Å². The largest absolute Gasteiger partial charge is 0.453 e. The minimum atomic E-state index is -0.860. The van der Waals surface area contributed by atoms with Crippen LogP contribution >= 0.6 is 0 Å². The quantitative estimate of drug-likeness (QED) is 0.0905. The highest BCUT2D eigenvalue weighted by molar-refractivity contribution is 5.91. The molecular weight excluding hydrogens is 799 g/mol. The van der Waals surface area contributed by atoms with E-state index >= 15 is 0 Å². The topological polar surface area (TPSA) is 198 Å². The lowest BCUT2D eigenvalue weighted by Gasteiger charge is -2.31. The lowest BCUT2D eigenvalue weighted by atomic mass is 9.96. The number of hydrogen-bond acceptors (Lipinski definition) is 9. The normalized spacial score (nSPS) is 19.8. The van der Waals surface area contributed by atoms with Gasteiger partial charge in [0.1, 0.15) is 23.7 Å². The van der Waals surface area contributed by atoms with E-state index in [0.29, 0.717) is 18.9 Å². The van der Waals surface area contributed by atoms with E-state index in [4.69, 9.17) is 19.4 Å². The second-order valence-electron chi connectivity index (χ2n) is 17.6. The molecule has 3 aliphatic rings. The first-order valence-electron chi connectivity index (χ1n) is 21.9. The van der Waals surface area contributed by atoms with Gasteiger partial charge in [-0.15, -0.1) is 0 Å². The van der Waals surface area contributed by atoms with Crippen LogP contribution in [0.25, 0.3) is 44.4 Å². The number of carbonyl (C=O) groups is 4. The molecular formula is C48H55N9O6. The minimum Gasteiger partial charge on any atom is -0.453 e. The average molecular weight is 854 g/mol. The Hall–Kier alpha value is -6.69. The van der Waals surface area contributed by atoms with Crippen LogP contribution in [0.1, 0.15) is 89.4 Å². The highest BCUT2D eigenvalue weighted by Crippen LogP contribution is 2.58. The molecule has 2 aliphatic heterocycles. The number of methoxy groups -OCH3 is 2. The summed E-state index contributed by atoms with van der Waals surface area (Å²) >= 11 is 0. The van der Waals surface area contributed by atoms with E-state index < -0.39 is 24.3 Å². The highest BCUT2D eigenvalue weighted by Gasteiger charge is 2.55. The SMILES string of the molecule is CC[C@@H]1CCN(C(=O)[C@@H](NC(=O)OC)C(C)C)[C@@H]1c1ncc(-c2ccc(-c3ccc4cc(-c5cnc([C@@H]6CC7(CC7)CN6C(=O)[C@H](CCC#N)NC(=O)OC)[nH]5)ccc4c3)cc2)[nH]1. The number of imidazole rings is 2. The molecule has 0 unspecified atom stereocenters. The van der Waals surface area contributed by atoms with E-state index in [2.05, 4.69) is 94.3 Å². The van der Waals surface area contributed by atoms with Crippen LogP contribution in [0.15, 0.2) is 73.1 Å². The molecule has 4 amide bonds. The Labute approximate surface area is 366 Å². The number of nitriles is 1. The van der Waals surface area contributed by atoms with Gasteiger partial charge in [0.2, 0.25) is 11.8 Å². The van der Waals surface area contributed by atoms with Gasteiger partial charge in [0.15, 0.2) is 0 Å². The number of aromatic nitrogens is 4. The standard InChI is InChI=1S/C48H55N9O6/c1-6-29-17-21-56(45(59)40(28(2)3)55-47(61)63-5)41(29)43-51-25-37(53-43)31-11-9-30(10-12-31)32-13-14-34-23-35(16-15-33(34)22-32)38-26-50-42(52-38)39-24-48(18-19-48)27-57(39)44(58)36(8-7-20-49)54-46(60)62-4/h9-16,22-23,25-26,28-29,36,39-41H,6-8,17-19,21,24,27H2,1-5H3,(H,50,52)(H,51,53)(H,54,60)(H,55,61)/t29-,36+,39+,40+,41+/m1/s1. The summed E-state index contributed by atoms with van der Waals surface area (Å²) in [6.07, 6.45) is 7.26. The van der Waals surface area contributed by atoms with E-state index in [-0.39, 0.29) is 54.0 Å². The molecule has 4 N–H and O–H groups in total. The van der Waals surface area contributed by atoms with Crippen molar-refractivity contribution in [1.82, 2.24) is 40.4 Å². The highest BCUT2D eigenvalue weighted by atomic mass is 16.5. The summed E-state index contributed by atoms with van der Waals surface area (Å²) in [6.45, 7) is 7.13. The Morgan fingerprint density at radius 3 is 2.08 bits per heavy atom. The molecule has 328 valence electrons. The van der Waals surface area contributed by atoms with Gasteiger partial charge in [-0.1, -0.05) is 75.7 Å². The lowest BCUT2D eigenvalue weighted by Crippen LogP contribution is -2.51. The number of hydrogen-bond donors (Lipinski definition) is 4. The van der Waals surface area contributed by atoms with Crippen LogP contribution in [-0.2, 0) is 19.1 Å². The molecule has 15 heteroatoms. The number of ether oxygens (including phenoxy) is 2. The smallest absolute Gasteiger partial charge is 0.407 e. The molecule has 2 aromatic heterocycles. The van der Waals surface area contributed by atoms with Gasteiger partial charge in [-0.3, -0.25) is 9.59 Å². The number of carbonyl (C=O) groups excluding carboxylic acids is 4. The second-order valence-corrected chi connectivity index (χ2v) is 17.6. The number of amides is 4. The Balaban J connectivity index is 0.963. The summed E-state index contributed by atoms with van der Waals surface area (Å²) in [5.41, 5.74) is 5.87. The van der Waals surface area contributed by atoms with Gasteiger partial charge in [-0.05, 0) is 89.0 Å². The van der Waals surface area contributed by atoms with Crippen molar-refractivity contribution in [1.29, 1.82) is 5.26 Å². The zero-order valence-corrected chi connectivity index (χ0v) is 36.4. The van der Waals surface area contributed by atoms with E-state index in [1.54, 1.807) is 0 Å². The van der Waals surface area contributed by atoms with Crippen molar-refractivity contribution >= 4 is 34.8 Å². The van der Waals surface area contributed by atoms with Gasteiger partial charge in [-0.25, -0.2) is 19.6 Å². The number of benzene rings is 3. The summed E-state index contributed by atoms with van der Waals surface area (Å²) in [6, 6.07) is 21.1. The number of H-pyrrole nitrogens is 2. The Morgan fingerprint density at radius 2 is 1.43 bits per heavy atom. The van der Waals surface area contributed by atoms with Gasteiger partial charge in [-0.2, -0.15) is 5.26 Å². The number of aromatic amines is 2. The summed E-state index contributed by atoms with van der Waals surface area (Å²) in [4.78, 5) is 72.2. The number of likely N-dealkylation sites (tertiary alicyclic amines) is 2. The van der Waals surface area contributed by atoms with Gasteiger partial charge < -0.3 is 39.9 Å². The molecule has 3 fully saturated rings. The molecule has 8 rings (SSSR count).